The van der Waals surface area contributed by atoms with Crippen molar-refractivity contribution in [2.24, 2.45) is 0 Å². The first-order valence-electron chi connectivity index (χ1n) is 0. The Bertz CT molecular complexity index is 8.00. The van der Waals surface area contributed by atoms with Gasteiger partial charge in [-0.3, -0.25) is 0 Å². The van der Waals surface area contributed by atoms with Gasteiger partial charge in [0.15, 0.2) is 17.4 Å². The van der Waals surface area contributed by atoms with Gasteiger partial charge in [0.1, 0.15) is 0 Å². The van der Waals surface area contributed by atoms with Gasteiger partial charge >= 0.3 is 0 Å². The second kappa shape index (κ2) is 20.4. The molecule has 0 bridgehead atoms. The predicted molar refractivity (Wildman–Crippen MR) is 21.3 cm³/mol. The van der Waals surface area contributed by atoms with E-state index in [4.69, 9.17) is 0 Å². The minimum Gasteiger partial charge on any atom is -0.0149 e. The van der Waals surface area contributed by atoms with Gasteiger partial charge in [0.25, 0.3) is 0 Å². The van der Waals surface area contributed by atoms with Gasteiger partial charge in [-0.05, 0) is 11.0 Å². The third-order valence-corrected chi connectivity index (χ3v) is 0. The smallest absolute Gasteiger partial charge is 0.0149 e. The first-order chi connectivity index (χ1) is 0. The summed E-state index contributed by atoms with van der Waals surface area (Å²) in [5.74, 6) is 0. The quantitative estimate of drug-likeness (QED) is 0.400. The molecule has 1 radical (unpaired) electrons. The van der Waals surface area contributed by atoms with Gasteiger partial charge in [-0.2, -0.15) is 0 Å². The maximum atomic E-state index is 0. The molecule has 0 fully saturated rings. The maximum Gasteiger partial charge on any atom is 0.187 e. The Morgan fingerprint density at radius 3 is 1.00 bits per heavy atom. The van der Waals surface area contributed by atoms with E-state index in [1.54, 1.807) is 0 Å². The fourth-order valence-corrected chi connectivity index (χ4v) is 0. The van der Waals surface area contributed by atoms with Crippen LogP contribution in [0.4, 0.5) is 0 Å². The molecule has 0 aromatic rings. The summed E-state index contributed by atoms with van der Waals surface area (Å²) in [4.78, 5) is 0. The molecule has 0 aliphatic carbocycles. The van der Waals surface area contributed by atoms with Gasteiger partial charge in [0.05, 0.1) is 0 Å². The number of rotatable bonds is 0. The van der Waals surface area contributed by atoms with E-state index < -0.39 is 0 Å². The molecule has 4 heteroatoms. The molecule has 0 amide bonds. The summed E-state index contributed by atoms with van der Waals surface area (Å²) < 4.78 is 0. The van der Waals surface area contributed by atoms with Crippen LogP contribution in [0.3, 0.4) is 0 Å². The Kier molecular flexibility index (Phi) is 198. The van der Waals surface area contributed by atoms with E-state index in [0.717, 1.165) is 0 Å². The van der Waals surface area contributed by atoms with Crippen molar-refractivity contribution in [1.29, 1.82) is 0 Å². The van der Waals surface area contributed by atoms with E-state index in [9.17, 15) is 0 Å². The van der Waals surface area contributed by atoms with Crippen LogP contribution in [-0.4, -0.2) is 28.3 Å². The molecule has 0 aromatic carbocycles. The molecule has 0 heterocycles. The van der Waals surface area contributed by atoms with E-state index in [-0.39, 0.29) is 65.8 Å². The summed E-state index contributed by atoms with van der Waals surface area (Å²) in [6.07, 6.45) is 0. The molecule has 0 aromatic heterocycles. The van der Waals surface area contributed by atoms with Crippen LogP contribution in [0.25, 0.3) is 0 Å². The van der Waals surface area contributed by atoms with Crippen molar-refractivity contribution in [2.45, 2.75) is 0 Å². The van der Waals surface area contributed by atoms with Gasteiger partial charge < -0.3 is 0 Å². The zero-order chi connectivity index (χ0) is 0. The minimum atomic E-state index is 0. The van der Waals surface area contributed by atoms with Crippen molar-refractivity contribution in [3.63, 3.8) is 0 Å². The van der Waals surface area contributed by atoms with Crippen LogP contribution in [-0.2, 0) is 37.5 Å². The summed E-state index contributed by atoms with van der Waals surface area (Å²) >= 11 is 0. The Hall–Kier alpha value is 1.93. The summed E-state index contributed by atoms with van der Waals surface area (Å²) in [5.41, 5.74) is 0. The van der Waals surface area contributed by atoms with Crippen LogP contribution in [0.5, 0.6) is 0 Å². The van der Waals surface area contributed by atoms with E-state index in [0.29, 0.717) is 0 Å². The molecule has 0 atom stereocenters. The molecule has 4 heavy (non-hydrogen) atoms. The summed E-state index contributed by atoms with van der Waals surface area (Å²) in [6.45, 7) is 0. The maximum absolute atomic E-state index is 0. The summed E-state index contributed by atoms with van der Waals surface area (Å²) in [6, 6.07) is 0. The van der Waals surface area contributed by atoms with Crippen molar-refractivity contribution < 1.29 is 37.5 Å². The topological polar surface area (TPSA) is 0 Å². The van der Waals surface area contributed by atoms with Crippen molar-refractivity contribution in [3.8, 4) is 0 Å². The monoisotopic (exact) mass is 231 g/mol. The Labute approximate surface area is 65.4 Å². The minimum absolute atomic E-state index is 0. The molecule has 0 nitrogen and oxygen atoms in total. The Morgan fingerprint density at radius 2 is 1.00 bits per heavy atom. The third kappa shape index (κ3) is 9.06. The van der Waals surface area contributed by atoms with Gasteiger partial charge in [-0.25, -0.2) is 0 Å². The van der Waals surface area contributed by atoms with Crippen molar-refractivity contribution >= 4 is 28.3 Å². The van der Waals surface area contributed by atoms with Crippen LogP contribution < -0.4 is 0 Å². The van der Waals surface area contributed by atoms with E-state index in [1.165, 1.54) is 0 Å². The van der Waals surface area contributed by atoms with E-state index in [2.05, 4.69) is 0 Å². The van der Waals surface area contributed by atoms with E-state index in [1.807, 2.05) is 0 Å². The van der Waals surface area contributed by atoms with E-state index >= 15 is 0 Å². The fraction of sp³-hybridized carbons (Fsp3) is 0. The van der Waals surface area contributed by atoms with Crippen LogP contribution in [0, 0.1) is 0 Å². The normalized spacial score (nSPS) is 0. The first kappa shape index (κ1) is 38.7. The molecule has 35 valence electrons. The molecule has 0 saturated carbocycles. The third-order valence-electron chi connectivity index (χ3n) is 0. The van der Waals surface area contributed by atoms with Crippen LogP contribution in [0.15, 0.2) is 0 Å². The predicted octanol–water partition coefficient (Wildman–Crippen LogP) is -2.64. The summed E-state index contributed by atoms with van der Waals surface area (Å²) in [7, 11) is 0. The van der Waals surface area contributed by atoms with Crippen molar-refractivity contribution in [3.05, 3.63) is 0 Å². The van der Waals surface area contributed by atoms with Crippen molar-refractivity contribution in [1.82, 2.24) is 0 Å². The molecule has 0 unspecified atom stereocenters. The average molecular weight is 232 g/mol. The molecular weight excluding hydrogens is 225 g/mol. The Morgan fingerprint density at radius 1 is 1.00 bits per heavy atom. The summed E-state index contributed by atoms with van der Waals surface area (Å²) in [5, 5.41) is 0. The molecule has 0 aliphatic rings. The fourth-order valence-electron chi connectivity index (χ4n) is 0. The van der Waals surface area contributed by atoms with Gasteiger partial charge in [0.2, 0.25) is 0 Å². The average Bonchev–Trinajstić information content (AvgIpc) is 0. The van der Waals surface area contributed by atoms with Crippen LogP contribution >= 0.6 is 0 Å². The molecule has 0 spiro atoms. The molecule has 0 aliphatic heterocycles. The van der Waals surface area contributed by atoms with Crippen LogP contribution in [0.2, 0.25) is 0 Å². The van der Waals surface area contributed by atoms with Crippen molar-refractivity contribution in [2.75, 3.05) is 0 Å². The molecular formula is H7AlCuPdSi. The largest absolute Gasteiger partial charge is 0.187 e. The second-order valence-electron chi connectivity index (χ2n) is 0. The van der Waals surface area contributed by atoms with Crippen LogP contribution in [0.1, 0.15) is 0 Å². The van der Waals surface area contributed by atoms with Gasteiger partial charge in [-0.1, -0.05) is 0 Å². The molecule has 0 N–H and O–H groups in total. The van der Waals surface area contributed by atoms with Gasteiger partial charge in [-0.15, -0.1) is 0 Å². The zero-order valence-corrected chi connectivity index (χ0v) is 3.11. The van der Waals surface area contributed by atoms with Gasteiger partial charge in [0, 0.05) is 37.5 Å². The Balaban J connectivity index is 0. The SMILES string of the molecule is [AlH3].[Cu].[Pd].[SiH4]. The molecule has 0 saturated heterocycles. The zero-order valence-electron chi connectivity index (χ0n) is 0.618. The second-order valence-corrected chi connectivity index (χ2v) is 0. The number of hydrogen-bond donors (Lipinski definition) is 0. The standard InChI is InChI=1S/Al.Cu.Pd.H4Si.3H/h;;;1H4;;;. The molecule has 0 rings (SSSR count). The number of hydrogen-bond acceptors (Lipinski definition) is 0. The first-order valence-corrected chi connectivity index (χ1v) is 0.